The number of nitrogens with zero attached hydrogens (tertiary/aromatic N) is 1. The Labute approximate surface area is 286 Å². The average molecular weight is 671 g/mol. The van der Waals surface area contributed by atoms with Gasteiger partial charge in [0, 0.05) is 85.8 Å². The van der Waals surface area contributed by atoms with E-state index < -0.39 is 0 Å². The maximum Gasteiger partial charge on any atom is 0.168 e. The van der Waals surface area contributed by atoms with E-state index in [1.165, 1.54) is 52.0 Å². The Morgan fingerprint density at radius 2 is 0.711 bits per heavy atom. The minimum absolute atomic E-state index is 0. The molecule has 1 aliphatic heterocycles. The van der Waals surface area contributed by atoms with Gasteiger partial charge in [0.15, 0.2) is 12.4 Å². The van der Waals surface area contributed by atoms with Crippen molar-refractivity contribution in [3.8, 4) is 0 Å². The van der Waals surface area contributed by atoms with Crippen LogP contribution in [0.5, 0.6) is 0 Å². The van der Waals surface area contributed by atoms with Gasteiger partial charge in [-0.1, -0.05) is 13.0 Å². The Morgan fingerprint density at radius 1 is 0.489 bits per heavy atom. The zero-order valence-corrected chi connectivity index (χ0v) is 30.5. The number of rotatable bonds is 2. The Balaban J connectivity index is 0.000000360. The lowest BCUT2D eigenvalue weighted by atomic mass is 9.85. The Morgan fingerprint density at radius 3 is 0.911 bits per heavy atom. The maximum atomic E-state index is 4.76. The van der Waals surface area contributed by atoms with Crippen LogP contribution in [0.1, 0.15) is 114 Å². The zero-order valence-electron chi connectivity index (χ0n) is 28.2. The lowest BCUT2D eigenvalue weighted by molar-refractivity contribution is -0.697. The van der Waals surface area contributed by atoms with Gasteiger partial charge in [-0.05, 0) is 104 Å². The third-order valence-electron chi connectivity index (χ3n) is 9.39. The van der Waals surface area contributed by atoms with Crippen molar-refractivity contribution < 1.29 is 17.0 Å². The van der Waals surface area contributed by atoms with E-state index >= 15 is 0 Å². The summed E-state index contributed by atoms with van der Waals surface area (Å²) < 4.78 is 2.18. The van der Waals surface area contributed by atoms with E-state index in [9.17, 15) is 0 Å². The normalized spacial score (nSPS) is 16.7. The van der Waals surface area contributed by atoms with Crippen molar-refractivity contribution in [2.45, 2.75) is 96.9 Å². The number of aryl methyl sites for hydroxylation is 1. The van der Waals surface area contributed by atoms with Crippen LogP contribution in [0.4, 0.5) is 0 Å². The van der Waals surface area contributed by atoms with Crippen molar-refractivity contribution in [1.82, 2.24) is 19.9 Å². The molecule has 6 rings (SSSR count). The van der Waals surface area contributed by atoms with Crippen LogP contribution in [-0.2, 0) is 28.2 Å². The molecule has 45 heavy (non-hydrogen) atoms. The van der Waals surface area contributed by atoms with Gasteiger partial charge < -0.3 is 32.3 Å². The van der Waals surface area contributed by atoms with E-state index in [0.717, 1.165) is 6.54 Å². The van der Waals surface area contributed by atoms with Gasteiger partial charge in [-0.15, -0.1) is 23.2 Å². The molecule has 1 aliphatic rings. The highest BCUT2D eigenvalue weighted by molar-refractivity contribution is 6.40. The number of aromatic amines is 4. The van der Waals surface area contributed by atoms with Crippen LogP contribution < -0.4 is 17.0 Å². The molecule has 0 fully saturated rings. The van der Waals surface area contributed by atoms with E-state index in [4.69, 9.17) is 23.2 Å². The molecule has 0 aliphatic carbocycles. The first kappa shape index (κ1) is 36.6. The topological polar surface area (TPSA) is 67.0 Å². The van der Waals surface area contributed by atoms with E-state index in [0.29, 0.717) is 0 Å². The number of hydrogen-bond donors (Lipinski definition) is 4. The van der Waals surface area contributed by atoms with Crippen LogP contribution in [0.25, 0.3) is 0 Å². The second-order valence-corrected chi connectivity index (χ2v) is 14.7. The first-order chi connectivity index (χ1) is 20.7. The van der Waals surface area contributed by atoms with Crippen molar-refractivity contribution in [2.24, 2.45) is 0 Å². The number of pyridine rings is 1. The Bertz CT molecular complexity index is 1350. The molecule has 0 radical (unpaired) electrons. The minimum Gasteiger partial charge on any atom is -1.00 e. The van der Waals surface area contributed by atoms with Crippen LogP contribution in [0.3, 0.4) is 0 Å². The van der Waals surface area contributed by atoms with Crippen molar-refractivity contribution in [3.05, 3.63) is 125 Å². The molecule has 5 aromatic rings. The van der Waals surface area contributed by atoms with Crippen molar-refractivity contribution in [3.63, 3.8) is 0 Å². The number of fused-ring (bicyclic) bond motifs is 8. The summed E-state index contributed by atoms with van der Waals surface area (Å²) in [4.78, 5) is 15.1. The first-order valence-corrected chi connectivity index (χ1v) is 16.6. The van der Waals surface area contributed by atoms with Gasteiger partial charge in [-0.2, -0.15) is 0 Å². The summed E-state index contributed by atoms with van der Waals surface area (Å²) in [6.45, 7) is 21.6. The monoisotopic (exact) mass is 669 g/mol. The summed E-state index contributed by atoms with van der Waals surface area (Å²) in [6, 6.07) is 24.1. The molecular weight excluding hydrogens is 621 g/mol. The molecular formula is C37H50Cl3N5. The molecule has 6 heterocycles. The number of hydrogen-bond acceptors (Lipinski definition) is 0. The number of alkyl halides is 2. The molecule has 4 N–H and O–H groups in total. The van der Waals surface area contributed by atoms with Crippen molar-refractivity contribution in [2.75, 3.05) is 5.34 Å². The molecule has 8 heteroatoms. The van der Waals surface area contributed by atoms with E-state index in [1.807, 2.05) is 6.07 Å². The van der Waals surface area contributed by atoms with Gasteiger partial charge in [0.2, 0.25) is 0 Å². The highest BCUT2D eigenvalue weighted by Crippen LogP contribution is 2.40. The predicted molar refractivity (Wildman–Crippen MR) is 185 cm³/mol. The largest absolute Gasteiger partial charge is 1.00 e. The first-order valence-electron chi connectivity index (χ1n) is 15.6. The van der Waals surface area contributed by atoms with Crippen molar-refractivity contribution >= 4 is 23.2 Å². The maximum absolute atomic E-state index is 4.76. The van der Waals surface area contributed by atoms with E-state index in [1.54, 1.807) is 0 Å². The molecule has 0 saturated heterocycles. The molecule has 8 bridgehead atoms. The quantitative estimate of drug-likeness (QED) is 0.124. The lowest BCUT2D eigenvalue weighted by Crippen LogP contribution is -3.00. The van der Waals surface area contributed by atoms with Gasteiger partial charge >= 0.3 is 0 Å². The summed E-state index contributed by atoms with van der Waals surface area (Å²) in [7, 11) is 0. The van der Waals surface area contributed by atoms with Crippen LogP contribution in [0.15, 0.2) is 79.1 Å². The third-order valence-corrected chi connectivity index (χ3v) is 9.39. The van der Waals surface area contributed by atoms with Gasteiger partial charge in [-0.25, -0.2) is 4.57 Å². The second-order valence-electron chi connectivity index (χ2n) is 13.9. The molecule has 0 atom stereocenters. The summed E-state index contributed by atoms with van der Waals surface area (Å²) in [5.41, 5.74) is 9.07. The average Bonchev–Trinajstić information content (AvgIpc) is 3.80. The molecule has 0 aromatic carbocycles. The lowest BCUT2D eigenvalue weighted by Gasteiger charge is -2.28. The zero-order chi connectivity index (χ0) is 32.3. The van der Waals surface area contributed by atoms with Gasteiger partial charge in [0.25, 0.3) is 0 Å². The summed E-state index contributed by atoms with van der Waals surface area (Å²) in [5, 5.41) is 0.194. The molecule has 0 saturated carbocycles. The van der Waals surface area contributed by atoms with Crippen molar-refractivity contribution in [1.29, 1.82) is 0 Å². The number of halogens is 3. The van der Waals surface area contributed by atoms with Crippen LogP contribution in [0.2, 0.25) is 0 Å². The molecule has 0 unspecified atom stereocenters. The number of H-pyrrole nitrogens is 4. The SMILES string of the molecule is CC1(C)c2ccc([nH]2)C(C)(C)c2ccc([nH]2)C(C)(C)c2ccc([nH]2)C(C)(C)c2ccc1[nH]2.CCC[n+]1ccccc1.ClCCl.[Cl-]. The van der Waals surface area contributed by atoms with E-state index in [-0.39, 0.29) is 39.4 Å². The third kappa shape index (κ3) is 7.42. The smallest absolute Gasteiger partial charge is 0.168 e. The van der Waals surface area contributed by atoms with Crippen LogP contribution in [-0.4, -0.2) is 25.3 Å². The molecule has 0 amide bonds. The predicted octanol–water partition coefficient (Wildman–Crippen LogP) is 6.43. The minimum atomic E-state index is -0.163. The van der Waals surface area contributed by atoms with Gasteiger partial charge in [0.1, 0.15) is 6.54 Å². The Hall–Kier alpha value is -2.86. The summed E-state index contributed by atoms with van der Waals surface area (Å²) in [6.07, 6.45) is 5.38. The fourth-order valence-electron chi connectivity index (χ4n) is 5.92. The highest BCUT2D eigenvalue weighted by atomic mass is 35.5. The molecule has 5 nitrogen and oxygen atoms in total. The molecule has 5 aromatic heterocycles. The fourth-order valence-corrected chi connectivity index (χ4v) is 5.92. The van der Waals surface area contributed by atoms with Crippen LogP contribution in [0, 0.1) is 0 Å². The van der Waals surface area contributed by atoms with Crippen LogP contribution >= 0.6 is 23.2 Å². The van der Waals surface area contributed by atoms with Gasteiger partial charge in [0.05, 0.1) is 5.34 Å². The summed E-state index contributed by atoms with van der Waals surface area (Å²) in [5.74, 6) is 0. The molecule has 0 spiro atoms. The fraction of sp³-hybridized carbons (Fsp3) is 0.432. The highest BCUT2D eigenvalue weighted by Gasteiger charge is 2.36. The second kappa shape index (κ2) is 14.3. The number of nitrogens with one attached hydrogen (secondary N) is 4. The summed E-state index contributed by atoms with van der Waals surface area (Å²) >= 11 is 9.53. The number of aromatic nitrogens is 5. The Kier molecular flexibility index (Phi) is 11.6. The molecule has 244 valence electrons. The van der Waals surface area contributed by atoms with Gasteiger partial charge in [-0.3, -0.25) is 0 Å². The van der Waals surface area contributed by atoms with E-state index in [2.05, 4.69) is 160 Å². The standard InChI is InChI=1S/C28H36N4.C8H12N.CH2Cl2.ClH/c1-25(2)17-9-11-19(29-17)26(3,4)21-13-15-23(31-21)28(7,8)24-16-14-22(32-24)27(5,6)20-12-10-18(25)30-20;1-2-6-9-7-4-3-5-8-9;2-1-3;/h9-16,29-32H,1-8H3;3-5,7-8H,2,6H2,1H3;1H2;1H/q;+1;;/p-1.